The van der Waals surface area contributed by atoms with Crippen molar-refractivity contribution in [1.82, 2.24) is 4.98 Å². The van der Waals surface area contributed by atoms with Crippen LogP contribution in [0.2, 0.25) is 0 Å². The maximum Gasteiger partial charge on any atom is 0.194 e. The Hall–Kier alpha value is -2.00. The first-order valence-corrected chi connectivity index (χ1v) is 5.96. The molecule has 18 heavy (non-hydrogen) atoms. The number of carbonyl (C=O) groups is 1. The Kier molecular flexibility index (Phi) is 3.85. The molecular formula is C15H16N2O. The molecule has 0 fully saturated rings. The third-order valence-corrected chi connectivity index (χ3v) is 2.93. The van der Waals surface area contributed by atoms with E-state index in [0.717, 1.165) is 17.5 Å². The second-order valence-corrected chi connectivity index (χ2v) is 4.26. The highest BCUT2D eigenvalue weighted by atomic mass is 16.1. The zero-order valence-corrected chi connectivity index (χ0v) is 10.4. The van der Waals surface area contributed by atoms with Gasteiger partial charge < -0.3 is 5.73 Å². The van der Waals surface area contributed by atoms with Gasteiger partial charge >= 0.3 is 0 Å². The molecule has 0 bridgehead atoms. The summed E-state index contributed by atoms with van der Waals surface area (Å²) in [6, 6.07) is 9.44. The molecule has 3 nitrogen and oxygen atoms in total. The van der Waals surface area contributed by atoms with Crippen LogP contribution in [-0.4, -0.2) is 17.3 Å². The highest BCUT2D eigenvalue weighted by Crippen LogP contribution is 2.13. The Morgan fingerprint density at radius 2 is 1.94 bits per heavy atom. The van der Waals surface area contributed by atoms with Gasteiger partial charge in [-0.2, -0.15) is 0 Å². The van der Waals surface area contributed by atoms with Gasteiger partial charge in [0.25, 0.3) is 0 Å². The molecule has 2 N–H and O–H groups in total. The van der Waals surface area contributed by atoms with E-state index in [1.807, 2.05) is 37.3 Å². The monoisotopic (exact) mass is 240 g/mol. The van der Waals surface area contributed by atoms with Crippen molar-refractivity contribution in [2.24, 2.45) is 5.73 Å². The molecule has 3 heteroatoms. The molecule has 0 spiro atoms. The number of aryl methyl sites for hydroxylation is 1. The molecule has 0 radical (unpaired) electrons. The van der Waals surface area contributed by atoms with Crippen LogP contribution < -0.4 is 5.73 Å². The molecule has 0 aliphatic rings. The lowest BCUT2D eigenvalue weighted by Crippen LogP contribution is -2.06. The van der Waals surface area contributed by atoms with Crippen molar-refractivity contribution in [3.05, 3.63) is 65.0 Å². The Morgan fingerprint density at radius 1 is 1.22 bits per heavy atom. The molecule has 2 aromatic rings. The second kappa shape index (κ2) is 5.56. The molecule has 0 unspecified atom stereocenters. The van der Waals surface area contributed by atoms with Gasteiger partial charge in [0.1, 0.15) is 0 Å². The van der Waals surface area contributed by atoms with Gasteiger partial charge in [0.15, 0.2) is 5.78 Å². The minimum Gasteiger partial charge on any atom is -0.330 e. The summed E-state index contributed by atoms with van der Waals surface area (Å²) in [6.45, 7) is 2.53. The lowest BCUT2D eigenvalue weighted by atomic mass is 10.00. The van der Waals surface area contributed by atoms with Gasteiger partial charge in [-0.05, 0) is 37.1 Å². The number of carbonyl (C=O) groups excluding carboxylic acids is 1. The molecule has 1 heterocycles. The fourth-order valence-electron chi connectivity index (χ4n) is 1.85. The molecule has 2 rings (SSSR count). The Balaban J connectivity index is 2.27. The van der Waals surface area contributed by atoms with E-state index in [-0.39, 0.29) is 5.78 Å². The maximum atomic E-state index is 12.3. The van der Waals surface area contributed by atoms with Crippen LogP contribution in [0.4, 0.5) is 0 Å². The van der Waals surface area contributed by atoms with E-state index >= 15 is 0 Å². The zero-order chi connectivity index (χ0) is 13.0. The highest BCUT2D eigenvalue weighted by Gasteiger charge is 2.11. The summed E-state index contributed by atoms with van der Waals surface area (Å²) in [6.07, 6.45) is 4.14. The number of benzene rings is 1. The summed E-state index contributed by atoms with van der Waals surface area (Å²) in [5, 5.41) is 0. The van der Waals surface area contributed by atoms with Gasteiger partial charge in [-0.3, -0.25) is 9.78 Å². The Bertz CT molecular complexity index is 547. The number of rotatable bonds is 4. The minimum absolute atomic E-state index is 0.0138. The third kappa shape index (κ3) is 2.63. The molecule has 0 saturated heterocycles. The van der Waals surface area contributed by atoms with Gasteiger partial charge in [0, 0.05) is 23.5 Å². The number of hydrogen-bond acceptors (Lipinski definition) is 3. The number of pyridine rings is 1. The average Bonchev–Trinajstić information content (AvgIpc) is 2.40. The van der Waals surface area contributed by atoms with Crippen LogP contribution in [0.5, 0.6) is 0 Å². The van der Waals surface area contributed by atoms with Crippen LogP contribution in [0.3, 0.4) is 0 Å². The zero-order valence-electron chi connectivity index (χ0n) is 10.4. The molecule has 1 aromatic carbocycles. The molecule has 0 aliphatic carbocycles. The van der Waals surface area contributed by atoms with Crippen LogP contribution in [0.1, 0.15) is 27.0 Å². The number of ketones is 1. The van der Waals surface area contributed by atoms with Crippen LogP contribution >= 0.6 is 0 Å². The van der Waals surface area contributed by atoms with E-state index in [0.29, 0.717) is 17.7 Å². The first kappa shape index (κ1) is 12.5. The smallest absolute Gasteiger partial charge is 0.194 e. The molecule has 1 aromatic heterocycles. The van der Waals surface area contributed by atoms with E-state index in [2.05, 4.69) is 4.98 Å². The normalized spacial score (nSPS) is 10.3. The number of aromatic nitrogens is 1. The fraction of sp³-hybridized carbons (Fsp3) is 0.200. The van der Waals surface area contributed by atoms with Crippen molar-refractivity contribution in [3.63, 3.8) is 0 Å². The van der Waals surface area contributed by atoms with E-state index in [1.54, 1.807) is 12.4 Å². The van der Waals surface area contributed by atoms with Gasteiger partial charge in [0.2, 0.25) is 0 Å². The molecule has 0 amide bonds. The molecule has 0 aliphatic heterocycles. The van der Waals surface area contributed by atoms with Gasteiger partial charge in [-0.15, -0.1) is 0 Å². The van der Waals surface area contributed by atoms with Crippen molar-refractivity contribution in [2.45, 2.75) is 13.3 Å². The highest BCUT2D eigenvalue weighted by molar-refractivity contribution is 6.09. The second-order valence-electron chi connectivity index (χ2n) is 4.26. The lowest BCUT2D eigenvalue weighted by Gasteiger charge is -2.05. The first-order valence-electron chi connectivity index (χ1n) is 5.96. The van der Waals surface area contributed by atoms with Crippen molar-refractivity contribution in [2.75, 3.05) is 6.54 Å². The number of hydrogen-bond donors (Lipinski definition) is 1. The summed E-state index contributed by atoms with van der Waals surface area (Å²) >= 11 is 0. The van der Waals surface area contributed by atoms with Crippen molar-refractivity contribution in [1.29, 1.82) is 0 Å². The van der Waals surface area contributed by atoms with Gasteiger partial charge in [-0.25, -0.2) is 0 Å². The fourth-order valence-corrected chi connectivity index (χ4v) is 1.85. The third-order valence-electron chi connectivity index (χ3n) is 2.93. The van der Waals surface area contributed by atoms with Crippen LogP contribution in [0.15, 0.2) is 42.7 Å². The summed E-state index contributed by atoms with van der Waals surface area (Å²) in [4.78, 5) is 16.3. The van der Waals surface area contributed by atoms with Crippen LogP contribution in [-0.2, 0) is 6.42 Å². The predicted molar refractivity (Wildman–Crippen MR) is 71.6 cm³/mol. The Morgan fingerprint density at radius 3 is 2.56 bits per heavy atom. The quantitative estimate of drug-likeness (QED) is 0.833. The summed E-state index contributed by atoms with van der Waals surface area (Å²) in [5.41, 5.74) is 8.93. The van der Waals surface area contributed by atoms with Gasteiger partial charge in [0.05, 0.1) is 0 Å². The van der Waals surface area contributed by atoms with Gasteiger partial charge in [-0.1, -0.05) is 24.3 Å². The number of nitrogens with two attached hydrogens (primary N) is 1. The summed E-state index contributed by atoms with van der Waals surface area (Å²) < 4.78 is 0. The SMILES string of the molecule is Cc1ccncc1C(=O)c1ccc(CCN)cc1. The Labute approximate surface area is 107 Å². The van der Waals surface area contributed by atoms with E-state index in [9.17, 15) is 4.79 Å². The lowest BCUT2D eigenvalue weighted by molar-refractivity contribution is 0.103. The molecule has 92 valence electrons. The van der Waals surface area contributed by atoms with Crippen LogP contribution in [0, 0.1) is 6.92 Å². The van der Waals surface area contributed by atoms with Crippen molar-refractivity contribution >= 4 is 5.78 Å². The molecule has 0 saturated carbocycles. The van der Waals surface area contributed by atoms with Crippen molar-refractivity contribution < 1.29 is 4.79 Å². The van der Waals surface area contributed by atoms with E-state index in [4.69, 9.17) is 5.73 Å². The predicted octanol–water partition coefficient (Wildman–Crippen LogP) is 2.12. The molecule has 0 atom stereocenters. The van der Waals surface area contributed by atoms with E-state index < -0.39 is 0 Å². The van der Waals surface area contributed by atoms with E-state index in [1.165, 1.54) is 0 Å². The standard InChI is InChI=1S/C15H16N2O/c1-11-7-9-17-10-14(11)15(18)13-4-2-12(3-5-13)6-8-16/h2-5,7,9-10H,6,8,16H2,1H3. The average molecular weight is 240 g/mol. The minimum atomic E-state index is 0.0138. The van der Waals surface area contributed by atoms with Crippen LogP contribution in [0.25, 0.3) is 0 Å². The first-order chi connectivity index (χ1) is 8.72. The topological polar surface area (TPSA) is 56.0 Å². The summed E-state index contributed by atoms with van der Waals surface area (Å²) in [7, 11) is 0. The summed E-state index contributed by atoms with van der Waals surface area (Å²) in [5.74, 6) is 0.0138. The number of nitrogens with zero attached hydrogens (tertiary/aromatic N) is 1. The van der Waals surface area contributed by atoms with Crippen molar-refractivity contribution in [3.8, 4) is 0 Å². The largest absolute Gasteiger partial charge is 0.330 e. The maximum absolute atomic E-state index is 12.3. The molecular weight excluding hydrogens is 224 g/mol.